The van der Waals surface area contributed by atoms with E-state index in [4.69, 9.17) is 15.3 Å². The van der Waals surface area contributed by atoms with Crippen LogP contribution in [0.3, 0.4) is 0 Å². The Morgan fingerprint density at radius 1 is 1.10 bits per heavy atom. The number of nitrogens with zero attached hydrogens (tertiary/aromatic N) is 1. The van der Waals surface area contributed by atoms with Crippen molar-refractivity contribution in [3.63, 3.8) is 0 Å². The predicted molar refractivity (Wildman–Crippen MR) is 34.8 cm³/mol. The molecule has 0 spiro atoms. The monoisotopic (exact) mass is 179 g/mol. The van der Waals surface area contributed by atoms with E-state index in [0.717, 1.165) is 0 Å². The van der Waals surface area contributed by atoms with Crippen LogP contribution in [-0.2, 0) is 0 Å². The summed E-state index contributed by atoms with van der Waals surface area (Å²) in [6, 6.07) is 0. The summed E-state index contributed by atoms with van der Waals surface area (Å²) in [5.41, 5.74) is 0. The zero-order valence-electron chi connectivity index (χ0n) is 6.92. The topological polar surface area (TPSA) is 221 Å². The van der Waals surface area contributed by atoms with Gasteiger partial charge in [-0.1, -0.05) is 0 Å². The van der Waals surface area contributed by atoms with Crippen molar-refractivity contribution in [2.45, 2.75) is 0 Å². The second kappa shape index (κ2) is 69.1. The third-order valence-electron chi connectivity index (χ3n) is 0. The van der Waals surface area contributed by atoms with Gasteiger partial charge in [-0.3, -0.25) is 0 Å². The largest absolute Gasteiger partial charge is 2.00 e. The molecule has 0 atom stereocenters. The normalized spacial score (nSPS) is 2.40. The predicted octanol–water partition coefficient (Wildman–Crippen LogP) is -4.63. The average molecular weight is 179 g/mol. The molecule has 0 aromatic carbocycles. The fourth-order valence-electron chi connectivity index (χ4n) is 0. The summed E-state index contributed by atoms with van der Waals surface area (Å²) >= 11 is 0. The minimum Gasteiger partial charge on any atom is -1.00 e. The molecular weight excluding hydrogens is 166 g/mol. The number of rotatable bonds is 0. The molecule has 0 aliphatic rings. The van der Waals surface area contributed by atoms with Crippen LogP contribution in [0.1, 0.15) is 2.85 Å². The van der Waals surface area contributed by atoms with Gasteiger partial charge in [0.2, 0.25) is 0 Å². The third-order valence-corrected chi connectivity index (χ3v) is 0. The van der Waals surface area contributed by atoms with Crippen molar-refractivity contribution in [1.82, 2.24) is 0 Å². The van der Waals surface area contributed by atoms with E-state index in [9.17, 15) is 0 Å². The Balaban J connectivity index is -0.00000000161. The second-order valence-corrected chi connectivity index (χ2v) is 0.238. The van der Waals surface area contributed by atoms with Crippen LogP contribution in [0.2, 0.25) is 0 Å². The van der Waals surface area contributed by atoms with Crippen molar-refractivity contribution >= 4 is 23.1 Å². The Morgan fingerprint density at radius 3 is 1.10 bits per heavy atom. The number of hydrogen-bond acceptors (Lipinski definition) is 2. The van der Waals surface area contributed by atoms with Gasteiger partial charge in [0, 0.05) is 0 Å². The molecule has 0 radical (unpaired) electrons. The Hall–Kier alpha value is -0.234. The Labute approximate surface area is 74.4 Å². The van der Waals surface area contributed by atoms with Gasteiger partial charge >= 0.3 is 23.1 Å². The quantitative estimate of drug-likeness (QED) is 0.220. The van der Waals surface area contributed by atoms with Crippen LogP contribution in [0.4, 0.5) is 0 Å². The molecule has 0 aromatic heterocycles. The van der Waals surface area contributed by atoms with Gasteiger partial charge in [-0.2, -0.15) is 0 Å². The first kappa shape index (κ1) is 98.1. The third kappa shape index (κ3) is 6510. The molecule has 0 bridgehead atoms. The summed E-state index contributed by atoms with van der Waals surface area (Å²) in [5, 5.41) is 13.6. The van der Waals surface area contributed by atoms with E-state index < -0.39 is 5.09 Å². The van der Waals surface area contributed by atoms with Crippen molar-refractivity contribution in [3.05, 3.63) is 10.1 Å². The first-order valence-corrected chi connectivity index (χ1v) is 0.565. The molecule has 0 aliphatic carbocycles. The van der Waals surface area contributed by atoms with Crippen molar-refractivity contribution < 1.29 is 40.5 Å². The summed E-state index contributed by atoms with van der Waals surface area (Å²) < 4.78 is 0. The average Bonchev–Trinajstić information content (AvgIpc) is 0.811. The van der Waals surface area contributed by atoms with Crippen LogP contribution in [-0.4, -0.2) is 60.7 Å². The van der Waals surface area contributed by atoms with Crippen LogP contribution in [0.15, 0.2) is 0 Å². The molecule has 0 fully saturated rings. The van der Waals surface area contributed by atoms with Gasteiger partial charge in [0.1, 0.15) is 0 Å². The smallest absolute Gasteiger partial charge is 1.00 e. The Morgan fingerprint density at radius 2 is 1.10 bits per heavy atom. The summed E-state index contributed by atoms with van der Waals surface area (Å²) in [7, 11) is 0. The van der Waals surface area contributed by atoms with Gasteiger partial charge in [-0.05, 0) is 0 Å². The van der Waals surface area contributed by atoms with E-state index >= 15 is 0 Å². The van der Waals surface area contributed by atoms with Crippen LogP contribution < -0.4 is 0 Å². The molecule has 0 saturated carbocycles. The molecule has 68 valence electrons. The van der Waals surface area contributed by atoms with Crippen molar-refractivity contribution in [2.75, 3.05) is 0 Å². The van der Waals surface area contributed by atoms with Crippen LogP contribution in [0, 0.1) is 10.1 Å². The van der Waals surface area contributed by atoms with Gasteiger partial charge in [0.15, 0.2) is 0 Å². The fourth-order valence-corrected chi connectivity index (χ4v) is 0. The van der Waals surface area contributed by atoms with Crippen LogP contribution in [0.25, 0.3) is 0 Å². The molecule has 10 heavy (non-hydrogen) atoms. The molecular formula is H13MgNO8. The first-order valence-electron chi connectivity index (χ1n) is 0.565. The van der Waals surface area contributed by atoms with Gasteiger partial charge in [-0.25, -0.2) is 0 Å². The van der Waals surface area contributed by atoms with E-state index in [1.165, 1.54) is 0 Å². The molecule has 0 heterocycles. The maximum atomic E-state index is 8.36. The Bertz CT molecular complexity index is 40.0. The molecule has 10 heteroatoms. The SMILES string of the molecule is O.O.O.O.O.O=[N+]([O-])O.[H-].[H-].[Mg+2]. The van der Waals surface area contributed by atoms with E-state index in [1.807, 2.05) is 0 Å². The van der Waals surface area contributed by atoms with E-state index in [-0.39, 0.29) is 53.3 Å². The van der Waals surface area contributed by atoms with Crippen molar-refractivity contribution in [1.29, 1.82) is 0 Å². The van der Waals surface area contributed by atoms with Crippen molar-refractivity contribution in [3.8, 4) is 0 Å². The van der Waals surface area contributed by atoms with Gasteiger partial charge in [-0.15, -0.1) is 10.1 Å². The van der Waals surface area contributed by atoms with Crippen molar-refractivity contribution in [2.24, 2.45) is 0 Å². The zero-order valence-corrected chi connectivity index (χ0v) is 6.33. The van der Waals surface area contributed by atoms with Gasteiger partial charge in [0.05, 0.1) is 0 Å². The maximum absolute atomic E-state index is 8.36. The summed E-state index contributed by atoms with van der Waals surface area (Å²) in [6.45, 7) is 0. The number of hydrogen-bond donors (Lipinski definition) is 1. The molecule has 0 aromatic rings. The molecule has 9 nitrogen and oxygen atoms in total. The summed E-state index contributed by atoms with van der Waals surface area (Å²) in [4.78, 5) is 8.36. The molecule has 0 aliphatic heterocycles. The summed E-state index contributed by atoms with van der Waals surface area (Å²) in [5.74, 6) is 0. The Kier molecular flexibility index (Phi) is 678. The second-order valence-electron chi connectivity index (χ2n) is 0.238. The minimum atomic E-state index is -1.50. The van der Waals surface area contributed by atoms with Gasteiger partial charge < -0.3 is 35.4 Å². The van der Waals surface area contributed by atoms with Gasteiger partial charge in [0.25, 0.3) is 5.09 Å². The minimum absolute atomic E-state index is 0. The first-order chi connectivity index (χ1) is 1.73. The molecule has 0 saturated heterocycles. The molecule has 0 unspecified atom stereocenters. The fraction of sp³-hybridized carbons (Fsp3) is 0. The van der Waals surface area contributed by atoms with Crippen LogP contribution >= 0.6 is 0 Å². The van der Waals surface area contributed by atoms with E-state index in [0.29, 0.717) is 0 Å². The zero-order chi connectivity index (χ0) is 3.58. The van der Waals surface area contributed by atoms with E-state index in [1.54, 1.807) is 0 Å². The van der Waals surface area contributed by atoms with E-state index in [2.05, 4.69) is 0 Å². The standard InChI is InChI=1S/Mg.HNO3.5H2O.2H/c;2-1(3)4;;;;;;;/h;(H,2,3,4);5*1H2;;/q+2;;;;;;;2*-1. The molecule has 0 amide bonds. The molecule has 11 N–H and O–H groups in total. The summed E-state index contributed by atoms with van der Waals surface area (Å²) in [6.07, 6.45) is 0. The molecule has 0 rings (SSSR count). The van der Waals surface area contributed by atoms with Crippen LogP contribution in [0.5, 0.6) is 0 Å². The maximum Gasteiger partial charge on any atom is 2.00 e.